The SMILES string of the molecule is CCC(C(=N)N)n1cnc(C)c1C. The smallest absolute Gasteiger partial charge is 0.114 e. The zero-order chi connectivity index (χ0) is 10.0. The fraction of sp³-hybridized carbons (Fsp3) is 0.556. The van der Waals surface area contributed by atoms with Gasteiger partial charge in [-0.05, 0) is 20.3 Å². The molecule has 0 aromatic carbocycles. The first-order valence-corrected chi connectivity index (χ1v) is 4.41. The minimum absolute atomic E-state index is 0.0406. The summed E-state index contributed by atoms with van der Waals surface area (Å²) < 4.78 is 1.96. The van der Waals surface area contributed by atoms with Crippen LogP contribution in [0, 0.1) is 19.3 Å². The van der Waals surface area contributed by atoms with Gasteiger partial charge in [0.1, 0.15) is 5.84 Å². The first kappa shape index (κ1) is 9.77. The maximum absolute atomic E-state index is 7.42. The molecule has 0 fully saturated rings. The van der Waals surface area contributed by atoms with Crippen molar-refractivity contribution in [2.75, 3.05) is 0 Å². The molecule has 0 amide bonds. The summed E-state index contributed by atoms with van der Waals surface area (Å²) in [5, 5.41) is 7.42. The van der Waals surface area contributed by atoms with Gasteiger partial charge in [-0.2, -0.15) is 0 Å². The van der Waals surface area contributed by atoms with Crippen LogP contribution in [0.1, 0.15) is 30.8 Å². The van der Waals surface area contributed by atoms with Gasteiger partial charge < -0.3 is 10.3 Å². The lowest BCUT2D eigenvalue weighted by Gasteiger charge is -2.16. The van der Waals surface area contributed by atoms with E-state index in [1.807, 2.05) is 25.3 Å². The van der Waals surface area contributed by atoms with Crippen molar-refractivity contribution in [3.05, 3.63) is 17.7 Å². The van der Waals surface area contributed by atoms with Crippen LogP contribution in [0.15, 0.2) is 6.33 Å². The Balaban J connectivity index is 3.05. The summed E-state index contributed by atoms with van der Waals surface area (Å²) in [4.78, 5) is 4.18. The molecule has 0 spiro atoms. The normalized spacial score (nSPS) is 12.8. The van der Waals surface area contributed by atoms with Crippen molar-refractivity contribution >= 4 is 5.84 Å². The molecule has 0 saturated heterocycles. The van der Waals surface area contributed by atoms with E-state index in [0.29, 0.717) is 0 Å². The van der Waals surface area contributed by atoms with Crippen LogP contribution in [0.3, 0.4) is 0 Å². The van der Waals surface area contributed by atoms with E-state index in [2.05, 4.69) is 4.98 Å². The second-order valence-corrected chi connectivity index (χ2v) is 3.20. The van der Waals surface area contributed by atoms with E-state index >= 15 is 0 Å². The molecule has 72 valence electrons. The van der Waals surface area contributed by atoms with Crippen molar-refractivity contribution in [2.45, 2.75) is 33.2 Å². The molecule has 0 aliphatic heterocycles. The van der Waals surface area contributed by atoms with Crippen molar-refractivity contribution in [1.82, 2.24) is 9.55 Å². The fourth-order valence-electron chi connectivity index (χ4n) is 1.40. The summed E-state index contributed by atoms with van der Waals surface area (Å²) in [5.41, 5.74) is 7.58. The van der Waals surface area contributed by atoms with Crippen LogP contribution in [0.5, 0.6) is 0 Å². The molecule has 1 rings (SSSR count). The molecule has 0 aliphatic rings. The van der Waals surface area contributed by atoms with Crippen molar-refractivity contribution < 1.29 is 0 Å². The van der Waals surface area contributed by atoms with Gasteiger partial charge in [0.15, 0.2) is 0 Å². The molecule has 1 atom stereocenters. The summed E-state index contributed by atoms with van der Waals surface area (Å²) in [5.74, 6) is 0.197. The van der Waals surface area contributed by atoms with Gasteiger partial charge in [-0.1, -0.05) is 6.92 Å². The van der Waals surface area contributed by atoms with Crippen LogP contribution in [-0.2, 0) is 0 Å². The Kier molecular flexibility index (Phi) is 2.70. The highest BCUT2D eigenvalue weighted by molar-refractivity contribution is 5.81. The highest BCUT2D eigenvalue weighted by Crippen LogP contribution is 2.15. The van der Waals surface area contributed by atoms with Crippen LogP contribution in [0.4, 0.5) is 0 Å². The molecule has 1 aromatic rings. The van der Waals surface area contributed by atoms with Gasteiger partial charge in [0, 0.05) is 5.69 Å². The van der Waals surface area contributed by atoms with E-state index < -0.39 is 0 Å². The zero-order valence-corrected chi connectivity index (χ0v) is 8.33. The molecule has 1 heterocycles. The molecule has 0 radical (unpaired) electrons. The number of nitrogens with one attached hydrogen (secondary N) is 1. The Hall–Kier alpha value is -1.32. The van der Waals surface area contributed by atoms with Gasteiger partial charge in [-0.25, -0.2) is 4.98 Å². The Morgan fingerprint density at radius 1 is 1.69 bits per heavy atom. The van der Waals surface area contributed by atoms with Crippen LogP contribution in [0.25, 0.3) is 0 Å². The number of hydrogen-bond donors (Lipinski definition) is 2. The number of hydrogen-bond acceptors (Lipinski definition) is 2. The van der Waals surface area contributed by atoms with Crippen LogP contribution < -0.4 is 5.73 Å². The minimum atomic E-state index is -0.0406. The highest BCUT2D eigenvalue weighted by Gasteiger charge is 2.14. The maximum Gasteiger partial charge on any atom is 0.114 e. The van der Waals surface area contributed by atoms with E-state index in [1.54, 1.807) is 6.33 Å². The first-order valence-electron chi connectivity index (χ1n) is 4.41. The average molecular weight is 180 g/mol. The second kappa shape index (κ2) is 3.60. The Bertz CT molecular complexity index is 313. The number of nitrogens with zero attached hydrogens (tertiary/aromatic N) is 2. The van der Waals surface area contributed by atoms with Gasteiger partial charge in [0.25, 0.3) is 0 Å². The van der Waals surface area contributed by atoms with Gasteiger partial charge in [-0.3, -0.25) is 5.41 Å². The van der Waals surface area contributed by atoms with E-state index in [1.165, 1.54) is 0 Å². The Labute approximate surface area is 78.3 Å². The molecular weight excluding hydrogens is 164 g/mol. The standard InChI is InChI=1S/C9H16N4/c1-4-8(9(10)11)13-5-12-6(2)7(13)3/h5,8H,4H2,1-3H3,(H3,10,11). The Morgan fingerprint density at radius 3 is 2.62 bits per heavy atom. The fourth-order valence-corrected chi connectivity index (χ4v) is 1.40. The molecule has 4 nitrogen and oxygen atoms in total. The van der Waals surface area contributed by atoms with Gasteiger partial charge in [0.2, 0.25) is 0 Å². The summed E-state index contributed by atoms with van der Waals surface area (Å²) in [7, 11) is 0. The van der Waals surface area contributed by atoms with Crippen molar-refractivity contribution in [2.24, 2.45) is 5.73 Å². The third kappa shape index (κ3) is 1.71. The van der Waals surface area contributed by atoms with Crippen LogP contribution >= 0.6 is 0 Å². The van der Waals surface area contributed by atoms with Gasteiger partial charge >= 0.3 is 0 Å². The molecule has 3 N–H and O–H groups in total. The van der Waals surface area contributed by atoms with Crippen molar-refractivity contribution in [3.8, 4) is 0 Å². The predicted molar refractivity (Wildman–Crippen MR) is 52.9 cm³/mol. The topological polar surface area (TPSA) is 67.7 Å². The monoisotopic (exact) mass is 180 g/mol. The molecule has 1 aromatic heterocycles. The second-order valence-electron chi connectivity index (χ2n) is 3.20. The Morgan fingerprint density at radius 2 is 2.31 bits per heavy atom. The summed E-state index contributed by atoms with van der Waals surface area (Å²) >= 11 is 0. The van der Waals surface area contributed by atoms with E-state index in [-0.39, 0.29) is 11.9 Å². The molecule has 0 saturated carbocycles. The molecular formula is C9H16N4. The molecule has 0 bridgehead atoms. The molecule has 1 unspecified atom stereocenters. The summed E-state index contributed by atoms with van der Waals surface area (Å²) in [6.45, 7) is 5.97. The lowest BCUT2D eigenvalue weighted by atomic mass is 10.2. The van der Waals surface area contributed by atoms with Crippen molar-refractivity contribution in [3.63, 3.8) is 0 Å². The summed E-state index contributed by atoms with van der Waals surface area (Å²) in [6, 6.07) is -0.0406. The van der Waals surface area contributed by atoms with Gasteiger partial charge in [-0.15, -0.1) is 0 Å². The predicted octanol–water partition coefficient (Wildman–Crippen LogP) is 1.39. The zero-order valence-electron chi connectivity index (χ0n) is 8.33. The lowest BCUT2D eigenvalue weighted by Crippen LogP contribution is -2.25. The maximum atomic E-state index is 7.42. The van der Waals surface area contributed by atoms with E-state index in [4.69, 9.17) is 11.1 Å². The number of aryl methyl sites for hydroxylation is 1. The van der Waals surface area contributed by atoms with Crippen molar-refractivity contribution in [1.29, 1.82) is 5.41 Å². The molecule has 4 heteroatoms. The lowest BCUT2D eigenvalue weighted by molar-refractivity contribution is 0.596. The van der Waals surface area contributed by atoms with E-state index in [9.17, 15) is 0 Å². The number of rotatable bonds is 3. The number of nitrogens with two attached hydrogens (primary N) is 1. The summed E-state index contributed by atoms with van der Waals surface area (Å²) in [6.07, 6.45) is 2.58. The van der Waals surface area contributed by atoms with Crippen LogP contribution in [0.2, 0.25) is 0 Å². The average Bonchev–Trinajstić information content (AvgIpc) is 2.37. The third-order valence-electron chi connectivity index (χ3n) is 2.37. The highest BCUT2D eigenvalue weighted by atomic mass is 15.1. The van der Waals surface area contributed by atoms with Gasteiger partial charge in [0.05, 0.1) is 18.1 Å². The quantitative estimate of drug-likeness (QED) is 0.545. The first-order chi connectivity index (χ1) is 6.07. The number of aromatic nitrogens is 2. The number of amidine groups is 1. The number of imidazole rings is 1. The third-order valence-corrected chi connectivity index (χ3v) is 2.37. The van der Waals surface area contributed by atoms with Crippen LogP contribution in [-0.4, -0.2) is 15.4 Å². The molecule has 13 heavy (non-hydrogen) atoms. The largest absolute Gasteiger partial charge is 0.386 e. The minimum Gasteiger partial charge on any atom is -0.386 e. The molecule has 0 aliphatic carbocycles. The van der Waals surface area contributed by atoms with E-state index in [0.717, 1.165) is 17.8 Å².